The molecular weight excluding hydrogens is 251 g/mol. The Labute approximate surface area is 121 Å². The smallest absolute Gasteiger partial charge is 0.399 e. The Morgan fingerprint density at radius 3 is 2.10 bits per heavy atom. The van der Waals surface area contributed by atoms with Crippen LogP contribution in [0, 0.1) is 0 Å². The van der Waals surface area contributed by atoms with Gasteiger partial charge in [0.25, 0.3) is 0 Å². The maximum atomic E-state index is 11.3. The van der Waals surface area contributed by atoms with E-state index in [0.29, 0.717) is 11.5 Å². The molecule has 4 heteroatoms. The fourth-order valence-corrected chi connectivity index (χ4v) is 2.35. The van der Waals surface area contributed by atoms with Crippen molar-refractivity contribution in [3.63, 3.8) is 0 Å². The van der Waals surface area contributed by atoms with Crippen LogP contribution in [0.5, 0.6) is 0 Å². The number of benzene rings is 1. The zero-order valence-corrected chi connectivity index (χ0v) is 13.2. The van der Waals surface area contributed by atoms with Gasteiger partial charge in [0.1, 0.15) is 6.29 Å². The first-order chi connectivity index (χ1) is 9.18. The quantitative estimate of drug-likeness (QED) is 0.628. The lowest BCUT2D eigenvalue weighted by Crippen LogP contribution is -2.41. The van der Waals surface area contributed by atoms with E-state index in [-0.39, 0.29) is 11.2 Å². The van der Waals surface area contributed by atoms with Crippen LogP contribution in [0.1, 0.15) is 63.4 Å². The topological polar surface area (TPSA) is 35.5 Å². The SMILES string of the molecule is CC(C)c1ccc(B2OC(C)(C)C(C)(C)O2)cc1C=O. The zero-order valence-electron chi connectivity index (χ0n) is 13.2. The lowest BCUT2D eigenvalue weighted by Gasteiger charge is -2.32. The minimum atomic E-state index is -0.417. The number of hydrogen-bond acceptors (Lipinski definition) is 3. The van der Waals surface area contributed by atoms with Crippen LogP contribution in [0.25, 0.3) is 0 Å². The van der Waals surface area contributed by atoms with Gasteiger partial charge in [-0.15, -0.1) is 0 Å². The summed E-state index contributed by atoms with van der Waals surface area (Å²) in [6, 6.07) is 5.86. The summed E-state index contributed by atoms with van der Waals surface area (Å²) in [6.45, 7) is 12.3. The second-order valence-electron chi connectivity index (χ2n) is 6.75. The van der Waals surface area contributed by atoms with Crippen LogP contribution in [0.2, 0.25) is 0 Å². The molecule has 0 bridgehead atoms. The predicted molar refractivity (Wildman–Crippen MR) is 81.6 cm³/mol. The predicted octanol–water partition coefficient (Wildman–Crippen LogP) is 2.92. The van der Waals surface area contributed by atoms with Crippen LogP contribution in [-0.4, -0.2) is 24.6 Å². The lowest BCUT2D eigenvalue weighted by atomic mass is 9.77. The molecule has 1 aliphatic rings. The largest absolute Gasteiger partial charge is 0.494 e. The van der Waals surface area contributed by atoms with E-state index in [1.165, 1.54) is 0 Å². The van der Waals surface area contributed by atoms with Crippen LogP contribution in [0.4, 0.5) is 0 Å². The second kappa shape index (κ2) is 5.01. The Morgan fingerprint density at radius 1 is 1.10 bits per heavy atom. The molecule has 0 unspecified atom stereocenters. The molecule has 0 atom stereocenters. The number of carbonyl (C=O) groups excluding carboxylic acids is 1. The average molecular weight is 274 g/mol. The summed E-state index contributed by atoms with van der Waals surface area (Å²) < 4.78 is 12.0. The van der Waals surface area contributed by atoms with E-state index >= 15 is 0 Å². The molecule has 20 heavy (non-hydrogen) atoms. The van der Waals surface area contributed by atoms with Crippen molar-refractivity contribution in [3.05, 3.63) is 29.3 Å². The first kappa shape index (κ1) is 15.3. The van der Waals surface area contributed by atoms with Crippen LogP contribution >= 0.6 is 0 Å². The normalized spacial score (nSPS) is 20.4. The number of carbonyl (C=O) groups is 1. The van der Waals surface area contributed by atoms with E-state index < -0.39 is 7.12 Å². The number of aldehydes is 1. The van der Waals surface area contributed by atoms with Crippen molar-refractivity contribution in [2.24, 2.45) is 0 Å². The monoisotopic (exact) mass is 274 g/mol. The van der Waals surface area contributed by atoms with Crippen molar-refractivity contribution in [2.75, 3.05) is 0 Å². The van der Waals surface area contributed by atoms with Crippen LogP contribution in [0.3, 0.4) is 0 Å². The van der Waals surface area contributed by atoms with Crippen LogP contribution in [0.15, 0.2) is 18.2 Å². The molecule has 0 radical (unpaired) electrons. The third-order valence-corrected chi connectivity index (χ3v) is 4.39. The Balaban J connectivity index is 2.34. The summed E-state index contributed by atoms with van der Waals surface area (Å²) >= 11 is 0. The molecule has 1 aromatic carbocycles. The fraction of sp³-hybridized carbons (Fsp3) is 0.562. The van der Waals surface area contributed by atoms with Gasteiger partial charge in [-0.25, -0.2) is 0 Å². The molecule has 0 amide bonds. The van der Waals surface area contributed by atoms with Gasteiger partial charge >= 0.3 is 7.12 Å². The van der Waals surface area contributed by atoms with E-state index in [1.54, 1.807) is 0 Å². The highest BCUT2D eigenvalue weighted by Crippen LogP contribution is 2.36. The summed E-state index contributed by atoms with van der Waals surface area (Å²) in [7, 11) is -0.417. The van der Waals surface area contributed by atoms with Gasteiger partial charge in [-0.1, -0.05) is 32.0 Å². The molecule has 1 saturated heterocycles. The first-order valence-corrected chi connectivity index (χ1v) is 7.12. The van der Waals surface area contributed by atoms with Crippen LogP contribution in [-0.2, 0) is 9.31 Å². The van der Waals surface area contributed by atoms with Gasteiger partial charge in [-0.2, -0.15) is 0 Å². The first-order valence-electron chi connectivity index (χ1n) is 7.12. The molecule has 1 aromatic rings. The van der Waals surface area contributed by atoms with Gasteiger partial charge in [0.2, 0.25) is 0 Å². The molecule has 108 valence electrons. The molecule has 1 aliphatic heterocycles. The fourth-order valence-electron chi connectivity index (χ4n) is 2.35. The lowest BCUT2D eigenvalue weighted by molar-refractivity contribution is 0.00578. The van der Waals surface area contributed by atoms with Gasteiger partial charge in [0.15, 0.2) is 0 Å². The highest BCUT2D eigenvalue weighted by molar-refractivity contribution is 6.62. The third-order valence-electron chi connectivity index (χ3n) is 4.39. The maximum absolute atomic E-state index is 11.3. The molecule has 0 aliphatic carbocycles. The summed E-state index contributed by atoms with van der Waals surface area (Å²) in [4.78, 5) is 11.3. The summed E-state index contributed by atoms with van der Waals surface area (Å²) in [5.74, 6) is 0.322. The molecule has 1 heterocycles. The van der Waals surface area contributed by atoms with Gasteiger partial charge in [-0.05, 0) is 44.6 Å². The summed E-state index contributed by atoms with van der Waals surface area (Å²) in [6.07, 6.45) is 0.907. The molecule has 3 nitrogen and oxygen atoms in total. The van der Waals surface area contributed by atoms with Gasteiger partial charge in [0, 0.05) is 5.56 Å². The highest BCUT2D eigenvalue weighted by Gasteiger charge is 2.51. The number of rotatable bonds is 3. The van der Waals surface area contributed by atoms with Crippen molar-refractivity contribution in [2.45, 2.75) is 58.7 Å². The maximum Gasteiger partial charge on any atom is 0.494 e. The van der Waals surface area contributed by atoms with E-state index in [9.17, 15) is 4.79 Å². The van der Waals surface area contributed by atoms with Gasteiger partial charge in [-0.3, -0.25) is 4.79 Å². The molecular formula is C16H23BO3. The molecule has 0 saturated carbocycles. The second-order valence-corrected chi connectivity index (χ2v) is 6.75. The zero-order chi connectivity index (χ0) is 15.1. The van der Waals surface area contributed by atoms with Crippen molar-refractivity contribution in [3.8, 4) is 0 Å². The minimum Gasteiger partial charge on any atom is -0.399 e. The molecule has 1 fully saturated rings. The Bertz CT molecular complexity index is 504. The van der Waals surface area contributed by atoms with E-state index in [0.717, 1.165) is 17.3 Å². The number of hydrogen-bond donors (Lipinski definition) is 0. The molecule has 0 aromatic heterocycles. The molecule has 0 spiro atoms. The highest BCUT2D eigenvalue weighted by atomic mass is 16.7. The summed E-state index contributed by atoms with van der Waals surface area (Å²) in [5, 5.41) is 0. The third kappa shape index (κ3) is 2.55. The van der Waals surface area contributed by atoms with E-state index in [4.69, 9.17) is 9.31 Å². The standard InChI is InChI=1S/C16H23BO3/c1-11(2)14-8-7-13(9-12(14)10-18)17-19-15(3,4)16(5,6)20-17/h7-11H,1-6H3. The Kier molecular flexibility index (Phi) is 3.82. The molecule has 2 rings (SSSR count). The van der Waals surface area contributed by atoms with Gasteiger partial charge in [0.05, 0.1) is 11.2 Å². The average Bonchev–Trinajstić information content (AvgIpc) is 2.57. The van der Waals surface area contributed by atoms with Gasteiger partial charge < -0.3 is 9.31 Å². The summed E-state index contributed by atoms with van der Waals surface area (Å²) in [5.41, 5.74) is 1.94. The Morgan fingerprint density at radius 2 is 1.65 bits per heavy atom. The van der Waals surface area contributed by atoms with Crippen molar-refractivity contribution in [1.29, 1.82) is 0 Å². The van der Waals surface area contributed by atoms with Crippen molar-refractivity contribution >= 4 is 18.9 Å². The molecule has 0 N–H and O–H groups in total. The van der Waals surface area contributed by atoms with Crippen molar-refractivity contribution in [1.82, 2.24) is 0 Å². The van der Waals surface area contributed by atoms with Crippen molar-refractivity contribution < 1.29 is 14.1 Å². The minimum absolute atomic E-state index is 0.322. The van der Waals surface area contributed by atoms with E-state index in [2.05, 4.69) is 13.8 Å². The van der Waals surface area contributed by atoms with E-state index in [1.807, 2.05) is 45.9 Å². The Hall–Kier alpha value is -1.13. The van der Waals surface area contributed by atoms with Crippen LogP contribution < -0.4 is 5.46 Å².